The second-order valence-electron chi connectivity index (χ2n) is 6.13. The van der Waals surface area contributed by atoms with Gasteiger partial charge in [0.15, 0.2) is 0 Å². The zero-order chi connectivity index (χ0) is 11.5. The molecule has 0 radical (unpaired) electrons. The normalized spacial score (nSPS) is 45.6. The van der Waals surface area contributed by atoms with Crippen molar-refractivity contribution in [2.75, 3.05) is 0 Å². The molecule has 2 fully saturated rings. The van der Waals surface area contributed by atoms with E-state index in [1.54, 1.807) is 0 Å². The third-order valence-electron chi connectivity index (χ3n) is 4.59. The Morgan fingerprint density at radius 2 is 1.69 bits per heavy atom. The molecule has 0 bridgehead atoms. The molecule has 0 amide bonds. The quantitative estimate of drug-likeness (QED) is 0.757. The fraction of sp³-hybridized carbons (Fsp3) is 1.00. The predicted octanol–water partition coefficient (Wildman–Crippen LogP) is 2.70. The van der Waals surface area contributed by atoms with Crippen molar-refractivity contribution in [3.05, 3.63) is 0 Å². The third kappa shape index (κ3) is 2.98. The topological polar surface area (TPSA) is 32.3 Å². The zero-order valence-corrected chi connectivity index (χ0v) is 10.8. The standard InChI is InChI=1S/C14H27NO/c1-10-7-8-12(11(2)9-10)15-13-5-3-4-6-14(13)16/h10-16H,3-9H2,1-2H3. The minimum Gasteiger partial charge on any atom is -0.392 e. The van der Waals surface area contributed by atoms with Crippen molar-refractivity contribution in [2.24, 2.45) is 11.8 Å². The molecule has 2 saturated carbocycles. The summed E-state index contributed by atoms with van der Waals surface area (Å²) < 4.78 is 0. The SMILES string of the molecule is CC1CCC(NC2CCCCC2O)C(C)C1. The average Bonchev–Trinajstić information content (AvgIpc) is 2.25. The highest BCUT2D eigenvalue weighted by Gasteiger charge is 2.30. The summed E-state index contributed by atoms with van der Waals surface area (Å²) >= 11 is 0. The predicted molar refractivity (Wildman–Crippen MR) is 67.4 cm³/mol. The number of hydrogen-bond acceptors (Lipinski definition) is 2. The first kappa shape index (κ1) is 12.4. The summed E-state index contributed by atoms with van der Waals surface area (Å²) in [5.41, 5.74) is 0. The van der Waals surface area contributed by atoms with Crippen LogP contribution in [0.2, 0.25) is 0 Å². The molecular weight excluding hydrogens is 198 g/mol. The van der Waals surface area contributed by atoms with Crippen LogP contribution in [0.4, 0.5) is 0 Å². The molecule has 2 nitrogen and oxygen atoms in total. The largest absolute Gasteiger partial charge is 0.392 e. The Kier molecular flexibility index (Phi) is 4.26. The Labute approximate surface area is 99.8 Å². The van der Waals surface area contributed by atoms with Gasteiger partial charge in [0.05, 0.1) is 6.10 Å². The number of aliphatic hydroxyl groups is 1. The van der Waals surface area contributed by atoms with Gasteiger partial charge in [-0.1, -0.05) is 26.7 Å². The van der Waals surface area contributed by atoms with E-state index < -0.39 is 0 Å². The van der Waals surface area contributed by atoms with Crippen LogP contribution in [0.1, 0.15) is 58.8 Å². The fourth-order valence-electron chi connectivity index (χ4n) is 3.49. The highest BCUT2D eigenvalue weighted by molar-refractivity contribution is 4.88. The molecule has 2 rings (SSSR count). The van der Waals surface area contributed by atoms with Crippen molar-refractivity contribution >= 4 is 0 Å². The van der Waals surface area contributed by atoms with Gasteiger partial charge in [0.2, 0.25) is 0 Å². The molecule has 0 aromatic heterocycles. The lowest BCUT2D eigenvalue weighted by Crippen LogP contribution is -2.50. The zero-order valence-electron chi connectivity index (χ0n) is 10.8. The molecule has 5 unspecified atom stereocenters. The molecule has 2 aliphatic rings. The first-order chi connectivity index (χ1) is 7.66. The van der Waals surface area contributed by atoms with E-state index in [1.807, 2.05) is 0 Å². The van der Waals surface area contributed by atoms with E-state index in [0.717, 1.165) is 18.3 Å². The molecule has 2 heteroatoms. The summed E-state index contributed by atoms with van der Waals surface area (Å²) in [6.07, 6.45) is 8.55. The van der Waals surface area contributed by atoms with Gasteiger partial charge in [-0.05, 0) is 43.9 Å². The van der Waals surface area contributed by atoms with Crippen LogP contribution in [0, 0.1) is 11.8 Å². The van der Waals surface area contributed by atoms with Gasteiger partial charge in [0, 0.05) is 12.1 Å². The van der Waals surface area contributed by atoms with E-state index in [9.17, 15) is 5.11 Å². The molecule has 2 N–H and O–H groups in total. The van der Waals surface area contributed by atoms with E-state index in [0.29, 0.717) is 12.1 Å². The molecule has 0 spiro atoms. The maximum atomic E-state index is 9.98. The molecule has 5 atom stereocenters. The number of hydrogen-bond donors (Lipinski definition) is 2. The highest BCUT2D eigenvalue weighted by Crippen LogP contribution is 2.30. The fourth-order valence-corrected chi connectivity index (χ4v) is 3.49. The summed E-state index contributed by atoms with van der Waals surface area (Å²) in [6.45, 7) is 4.73. The number of rotatable bonds is 2. The van der Waals surface area contributed by atoms with Crippen molar-refractivity contribution in [3.63, 3.8) is 0 Å². The molecule has 0 aromatic carbocycles. The molecular formula is C14H27NO. The Bertz CT molecular complexity index is 219. The van der Waals surface area contributed by atoms with Crippen LogP contribution < -0.4 is 5.32 Å². The second kappa shape index (κ2) is 5.50. The maximum Gasteiger partial charge on any atom is 0.0693 e. The van der Waals surface area contributed by atoms with Crippen molar-refractivity contribution in [2.45, 2.75) is 77.0 Å². The molecule has 94 valence electrons. The Balaban J connectivity index is 1.83. The number of aliphatic hydroxyl groups excluding tert-OH is 1. The van der Waals surface area contributed by atoms with Gasteiger partial charge in [0.1, 0.15) is 0 Å². The summed E-state index contributed by atoms with van der Waals surface area (Å²) in [6, 6.07) is 1.02. The van der Waals surface area contributed by atoms with Gasteiger partial charge >= 0.3 is 0 Å². The van der Waals surface area contributed by atoms with E-state index >= 15 is 0 Å². The maximum absolute atomic E-state index is 9.98. The second-order valence-corrected chi connectivity index (χ2v) is 6.13. The Morgan fingerprint density at radius 3 is 2.38 bits per heavy atom. The molecule has 16 heavy (non-hydrogen) atoms. The van der Waals surface area contributed by atoms with Crippen LogP contribution in [0.5, 0.6) is 0 Å². The monoisotopic (exact) mass is 225 g/mol. The van der Waals surface area contributed by atoms with Gasteiger partial charge in [-0.2, -0.15) is 0 Å². The van der Waals surface area contributed by atoms with Crippen LogP contribution in [0.3, 0.4) is 0 Å². The van der Waals surface area contributed by atoms with Gasteiger partial charge in [-0.3, -0.25) is 0 Å². The van der Waals surface area contributed by atoms with Crippen molar-refractivity contribution in [1.82, 2.24) is 5.32 Å². The van der Waals surface area contributed by atoms with E-state index in [1.165, 1.54) is 38.5 Å². The average molecular weight is 225 g/mol. The third-order valence-corrected chi connectivity index (χ3v) is 4.59. The minimum atomic E-state index is -0.0969. The van der Waals surface area contributed by atoms with Gasteiger partial charge in [-0.25, -0.2) is 0 Å². The lowest BCUT2D eigenvalue weighted by molar-refractivity contribution is 0.0728. The molecule has 0 heterocycles. The molecule has 0 aliphatic heterocycles. The van der Waals surface area contributed by atoms with E-state index in [2.05, 4.69) is 19.2 Å². The lowest BCUT2D eigenvalue weighted by atomic mass is 9.79. The smallest absolute Gasteiger partial charge is 0.0693 e. The summed E-state index contributed by atoms with van der Waals surface area (Å²) in [5.74, 6) is 1.67. The minimum absolute atomic E-state index is 0.0969. The van der Waals surface area contributed by atoms with Gasteiger partial charge < -0.3 is 10.4 Å². The molecule has 0 aromatic rings. The Hall–Kier alpha value is -0.0800. The van der Waals surface area contributed by atoms with Crippen LogP contribution in [-0.2, 0) is 0 Å². The van der Waals surface area contributed by atoms with Crippen molar-refractivity contribution < 1.29 is 5.11 Å². The molecule has 2 aliphatic carbocycles. The van der Waals surface area contributed by atoms with Crippen molar-refractivity contribution in [3.8, 4) is 0 Å². The first-order valence-corrected chi connectivity index (χ1v) is 7.11. The van der Waals surface area contributed by atoms with Gasteiger partial charge in [0.25, 0.3) is 0 Å². The van der Waals surface area contributed by atoms with Crippen LogP contribution in [0.25, 0.3) is 0 Å². The Morgan fingerprint density at radius 1 is 0.938 bits per heavy atom. The van der Waals surface area contributed by atoms with Crippen LogP contribution in [-0.4, -0.2) is 23.3 Å². The first-order valence-electron chi connectivity index (χ1n) is 7.11. The van der Waals surface area contributed by atoms with Crippen molar-refractivity contribution in [1.29, 1.82) is 0 Å². The lowest BCUT2D eigenvalue weighted by Gasteiger charge is -2.38. The van der Waals surface area contributed by atoms with E-state index in [-0.39, 0.29) is 6.10 Å². The number of nitrogens with one attached hydrogen (secondary N) is 1. The van der Waals surface area contributed by atoms with E-state index in [4.69, 9.17) is 0 Å². The summed E-state index contributed by atoms with van der Waals surface area (Å²) in [7, 11) is 0. The summed E-state index contributed by atoms with van der Waals surface area (Å²) in [5, 5.41) is 13.7. The van der Waals surface area contributed by atoms with Crippen LogP contribution in [0.15, 0.2) is 0 Å². The highest BCUT2D eigenvalue weighted by atomic mass is 16.3. The van der Waals surface area contributed by atoms with Crippen LogP contribution >= 0.6 is 0 Å². The summed E-state index contributed by atoms with van der Waals surface area (Å²) in [4.78, 5) is 0. The van der Waals surface area contributed by atoms with Gasteiger partial charge in [-0.15, -0.1) is 0 Å². The molecule has 0 saturated heterocycles.